The molecule has 0 saturated carbocycles. The lowest BCUT2D eigenvalue weighted by Gasteiger charge is -2.23. The van der Waals surface area contributed by atoms with E-state index in [9.17, 15) is 9.59 Å². The van der Waals surface area contributed by atoms with E-state index in [2.05, 4.69) is 27.3 Å². The lowest BCUT2D eigenvalue weighted by Crippen LogP contribution is -2.33. The molecule has 1 aliphatic heterocycles. The average Bonchev–Trinajstić information content (AvgIpc) is 3.22. The van der Waals surface area contributed by atoms with Crippen LogP contribution >= 0.6 is 0 Å². The van der Waals surface area contributed by atoms with Crippen LogP contribution < -0.4 is 15.1 Å². The van der Waals surface area contributed by atoms with Gasteiger partial charge in [0.1, 0.15) is 0 Å². The molecule has 1 saturated heterocycles. The molecule has 6 heteroatoms. The van der Waals surface area contributed by atoms with Gasteiger partial charge in [0.15, 0.2) is 0 Å². The summed E-state index contributed by atoms with van der Waals surface area (Å²) in [6.45, 7) is 4.51. The highest BCUT2D eigenvalue weighted by atomic mass is 16.2. The Hall–Kier alpha value is -2.89. The predicted molar refractivity (Wildman–Crippen MR) is 107 cm³/mol. The van der Waals surface area contributed by atoms with Gasteiger partial charge in [0, 0.05) is 63.3 Å². The van der Waals surface area contributed by atoms with Gasteiger partial charge in [-0.3, -0.25) is 14.6 Å². The molecule has 1 aromatic carbocycles. The Bertz CT molecular complexity index is 756. The molecule has 1 aliphatic rings. The van der Waals surface area contributed by atoms with Crippen molar-refractivity contribution < 1.29 is 9.59 Å². The third-order valence-electron chi connectivity index (χ3n) is 4.79. The number of nitrogens with one attached hydrogen (secondary N) is 1. The summed E-state index contributed by atoms with van der Waals surface area (Å²) in [4.78, 5) is 32.2. The Morgan fingerprint density at radius 1 is 1.15 bits per heavy atom. The van der Waals surface area contributed by atoms with Gasteiger partial charge in [0.05, 0.1) is 0 Å². The largest absolute Gasteiger partial charge is 0.372 e. The molecule has 0 aliphatic carbocycles. The zero-order chi connectivity index (χ0) is 19.1. The Kier molecular flexibility index (Phi) is 6.41. The monoisotopic (exact) mass is 366 g/mol. The number of carbonyl (C=O) groups excluding carboxylic acids is 2. The minimum Gasteiger partial charge on any atom is -0.372 e. The van der Waals surface area contributed by atoms with Gasteiger partial charge in [0.2, 0.25) is 11.8 Å². The Morgan fingerprint density at radius 2 is 1.89 bits per heavy atom. The summed E-state index contributed by atoms with van der Waals surface area (Å²) in [6.07, 6.45) is 6.15. The van der Waals surface area contributed by atoms with Gasteiger partial charge >= 0.3 is 0 Å². The molecule has 1 aromatic heterocycles. The van der Waals surface area contributed by atoms with E-state index in [1.807, 2.05) is 24.3 Å². The number of pyridine rings is 1. The summed E-state index contributed by atoms with van der Waals surface area (Å²) in [5.41, 5.74) is 2.96. The number of hydrogen-bond donors (Lipinski definition) is 1. The summed E-state index contributed by atoms with van der Waals surface area (Å²) in [6, 6.07) is 11.8. The van der Waals surface area contributed by atoms with Crippen molar-refractivity contribution in [2.24, 2.45) is 0 Å². The molecule has 1 fully saturated rings. The lowest BCUT2D eigenvalue weighted by atomic mass is 10.2. The van der Waals surface area contributed by atoms with Gasteiger partial charge in [0.25, 0.3) is 0 Å². The van der Waals surface area contributed by atoms with E-state index >= 15 is 0 Å². The zero-order valence-electron chi connectivity index (χ0n) is 15.7. The number of amides is 2. The average molecular weight is 366 g/mol. The van der Waals surface area contributed by atoms with Gasteiger partial charge in [-0.25, -0.2) is 0 Å². The van der Waals surface area contributed by atoms with Crippen molar-refractivity contribution in [3.05, 3.63) is 54.4 Å². The Morgan fingerprint density at radius 3 is 2.52 bits per heavy atom. The first-order valence-corrected chi connectivity index (χ1v) is 9.42. The highest BCUT2D eigenvalue weighted by molar-refractivity contribution is 5.92. The maximum Gasteiger partial charge on any atom is 0.223 e. The number of hydrogen-bond acceptors (Lipinski definition) is 4. The SMILES string of the molecule is CC(=O)N(CCC(=O)NCc1cccnc1)c1ccc(N2CCCC2)cc1. The molecule has 2 heterocycles. The molecule has 0 bridgehead atoms. The second-order valence-electron chi connectivity index (χ2n) is 6.77. The number of carbonyl (C=O) groups is 2. The molecular formula is C21H26N4O2. The minimum absolute atomic E-state index is 0.0658. The van der Waals surface area contributed by atoms with Crippen LogP contribution in [0.15, 0.2) is 48.8 Å². The second-order valence-corrected chi connectivity index (χ2v) is 6.77. The molecule has 0 spiro atoms. The topological polar surface area (TPSA) is 65.5 Å². The van der Waals surface area contributed by atoms with Gasteiger partial charge in [-0.2, -0.15) is 0 Å². The quantitative estimate of drug-likeness (QED) is 0.818. The predicted octanol–water partition coefficient (Wildman–Crippen LogP) is 2.74. The van der Waals surface area contributed by atoms with E-state index in [1.54, 1.807) is 17.3 Å². The van der Waals surface area contributed by atoms with Crippen LogP contribution in [0.1, 0.15) is 31.7 Å². The number of benzene rings is 1. The fraction of sp³-hybridized carbons (Fsp3) is 0.381. The molecule has 0 unspecified atom stereocenters. The molecule has 27 heavy (non-hydrogen) atoms. The fourth-order valence-corrected chi connectivity index (χ4v) is 3.29. The molecule has 142 valence electrons. The molecule has 2 amide bonds. The van der Waals surface area contributed by atoms with E-state index in [4.69, 9.17) is 0 Å². The van der Waals surface area contributed by atoms with Crippen molar-refractivity contribution in [2.45, 2.75) is 32.7 Å². The first-order valence-electron chi connectivity index (χ1n) is 9.42. The maximum atomic E-state index is 12.1. The Balaban J connectivity index is 1.54. The molecule has 3 rings (SSSR count). The van der Waals surface area contributed by atoms with E-state index in [0.29, 0.717) is 13.1 Å². The second kappa shape index (κ2) is 9.16. The maximum absolute atomic E-state index is 12.1. The molecule has 1 N–H and O–H groups in total. The van der Waals surface area contributed by atoms with Crippen molar-refractivity contribution in [3.8, 4) is 0 Å². The van der Waals surface area contributed by atoms with Gasteiger partial charge in [-0.15, -0.1) is 0 Å². The highest BCUT2D eigenvalue weighted by Crippen LogP contribution is 2.24. The van der Waals surface area contributed by atoms with Crippen LogP contribution in [-0.2, 0) is 16.1 Å². The summed E-state index contributed by atoms with van der Waals surface area (Å²) in [7, 11) is 0. The standard InChI is InChI=1S/C21H26N4O2/c1-17(26)25(14-10-21(27)23-16-18-5-4-11-22-15-18)20-8-6-19(7-9-20)24-12-2-3-13-24/h4-9,11,15H,2-3,10,12-14,16H2,1H3,(H,23,27). The van der Waals surface area contributed by atoms with E-state index < -0.39 is 0 Å². The lowest BCUT2D eigenvalue weighted by molar-refractivity contribution is -0.121. The van der Waals surface area contributed by atoms with Crippen LogP contribution in [0.25, 0.3) is 0 Å². The number of aromatic nitrogens is 1. The highest BCUT2D eigenvalue weighted by Gasteiger charge is 2.16. The third kappa shape index (κ3) is 5.29. The zero-order valence-corrected chi connectivity index (χ0v) is 15.7. The van der Waals surface area contributed by atoms with Crippen LogP contribution in [0, 0.1) is 0 Å². The number of rotatable bonds is 7. The van der Waals surface area contributed by atoms with Crippen LogP contribution in [0.3, 0.4) is 0 Å². The number of anilines is 2. The smallest absolute Gasteiger partial charge is 0.223 e. The van der Waals surface area contributed by atoms with Crippen molar-refractivity contribution in [2.75, 3.05) is 29.4 Å². The summed E-state index contributed by atoms with van der Waals surface area (Å²) in [5, 5.41) is 2.87. The van der Waals surface area contributed by atoms with Crippen LogP contribution in [0.4, 0.5) is 11.4 Å². The van der Waals surface area contributed by atoms with E-state index in [-0.39, 0.29) is 18.2 Å². The third-order valence-corrected chi connectivity index (χ3v) is 4.79. The molecular weight excluding hydrogens is 340 g/mol. The summed E-state index contributed by atoms with van der Waals surface area (Å²) in [5.74, 6) is -0.150. The van der Waals surface area contributed by atoms with Crippen molar-refractivity contribution in [1.29, 1.82) is 0 Å². The van der Waals surface area contributed by atoms with Crippen LogP contribution in [0.5, 0.6) is 0 Å². The van der Waals surface area contributed by atoms with Crippen LogP contribution in [0.2, 0.25) is 0 Å². The van der Waals surface area contributed by atoms with Gasteiger partial charge in [-0.1, -0.05) is 6.07 Å². The first-order chi connectivity index (χ1) is 13.1. The van der Waals surface area contributed by atoms with Crippen molar-refractivity contribution in [3.63, 3.8) is 0 Å². The van der Waals surface area contributed by atoms with E-state index in [1.165, 1.54) is 25.5 Å². The van der Waals surface area contributed by atoms with Gasteiger partial charge in [-0.05, 0) is 48.7 Å². The molecule has 0 atom stereocenters. The molecule has 0 radical (unpaired) electrons. The van der Waals surface area contributed by atoms with Crippen molar-refractivity contribution in [1.82, 2.24) is 10.3 Å². The minimum atomic E-state index is -0.0845. The molecule has 6 nitrogen and oxygen atoms in total. The fourth-order valence-electron chi connectivity index (χ4n) is 3.29. The van der Waals surface area contributed by atoms with Gasteiger partial charge < -0.3 is 15.1 Å². The number of nitrogens with zero attached hydrogens (tertiary/aromatic N) is 3. The summed E-state index contributed by atoms with van der Waals surface area (Å²) < 4.78 is 0. The van der Waals surface area contributed by atoms with Crippen LogP contribution in [-0.4, -0.2) is 36.4 Å². The first kappa shape index (κ1) is 18.9. The Labute approximate surface area is 160 Å². The van der Waals surface area contributed by atoms with Crippen molar-refractivity contribution >= 4 is 23.2 Å². The molecule has 2 aromatic rings. The summed E-state index contributed by atoms with van der Waals surface area (Å²) >= 11 is 0. The van der Waals surface area contributed by atoms with E-state index in [0.717, 1.165) is 24.3 Å². The normalized spacial score (nSPS) is 13.4.